The third-order valence-electron chi connectivity index (χ3n) is 5.25. The van der Waals surface area contributed by atoms with E-state index in [0.717, 1.165) is 11.3 Å². The van der Waals surface area contributed by atoms with Crippen molar-refractivity contribution in [1.82, 2.24) is 9.78 Å². The van der Waals surface area contributed by atoms with Gasteiger partial charge in [0.1, 0.15) is 23.1 Å². The standard InChI is InChI=1S/C24H18N4O3/c1-29-18-11-6-5-10-16(18)20-17(14-25)23(26)31-24-21(20)22(19-12-7-13-30-19)27-28(24)15-8-3-2-4-9-15/h2-13,20H,26H2,1H3. The molecule has 0 fully saturated rings. The molecular formula is C24H18N4O3. The molecule has 7 nitrogen and oxygen atoms in total. The topological polar surface area (TPSA) is 99.2 Å². The molecule has 2 N–H and O–H groups in total. The van der Waals surface area contributed by atoms with Crippen molar-refractivity contribution in [1.29, 1.82) is 5.26 Å². The average Bonchev–Trinajstić information content (AvgIpc) is 3.47. The zero-order valence-corrected chi connectivity index (χ0v) is 16.6. The number of aromatic nitrogens is 2. The Kier molecular flexibility index (Phi) is 4.45. The number of fused-ring (bicyclic) bond motifs is 1. The maximum Gasteiger partial charge on any atom is 0.229 e. The molecule has 2 aromatic carbocycles. The van der Waals surface area contributed by atoms with Crippen LogP contribution in [0.3, 0.4) is 0 Å². The van der Waals surface area contributed by atoms with Gasteiger partial charge in [0.25, 0.3) is 0 Å². The summed E-state index contributed by atoms with van der Waals surface area (Å²) in [7, 11) is 1.60. The summed E-state index contributed by atoms with van der Waals surface area (Å²) in [6, 6.07) is 23.0. The predicted octanol–water partition coefficient (Wildman–Crippen LogP) is 4.36. The van der Waals surface area contributed by atoms with Gasteiger partial charge in [-0.3, -0.25) is 0 Å². The quantitative estimate of drug-likeness (QED) is 0.537. The third-order valence-corrected chi connectivity index (χ3v) is 5.25. The lowest BCUT2D eigenvalue weighted by molar-refractivity contribution is 0.364. The van der Waals surface area contributed by atoms with Crippen molar-refractivity contribution in [2.75, 3.05) is 7.11 Å². The molecule has 0 saturated heterocycles. The fourth-order valence-electron chi connectivity index (χ4n) is 3.89. The number of hydrogen-bond acceptors (Lipinski definition) is 6. The Hall–Kier alpha value is -4.44. The number of nitriles is 1. The molecule has 4 aromatic rings. The van der Waals surface area contributed by atoms with E-state index in [2.05, 4.69) is 6.07 Å². The van der Waals surface area contributed by atoms with E-state index in [0.29, 0.717) is 28.6 Å². The summed E-state index contributed by atoms with van der Waals surface area (Å²) in [5, 5.41) is 14.8. The minimum absolute atomic E-state index is 0.0361. The van der Waals surface area contributed by atoms with Gasteiger partial charge in [-0.25, -0.2) is 0 Å². The molecule has 0 amide bonds. The monoisotopic (exact) mass is 410 g/mol. The summed E-state index contributed by atoms with van der Waals surface area (Å²) in [6.45, 7) is 0. The SMILES string of the molecule is COc1ccccc1C1C(C#N)=C(N)Oc2c1c(-c1ccco1)nn2-c1ccccc1. The molecule has 0 saturated carbocycles. The minimum atomic E-state index is -0.539. The summed E-state index contributed by atoms with van der Waals surface area (Å²) in [4.78, 5) is 0. The van der Waals surface area contributed by atoms with Crippen LogP contribution in [0.15, 0.2) is 88.9 Å². The van der Waals surface area contributed by atoms with E-state index in [1.807, 2.05) is 60.7 Å². The van der Waals surface area contributed by atoms with E-state index in [1.54, 1.807) is 24.1 Å². The highest BCUT2D eigenvalue weighted by molar-refractivity contribution is 5.70. The van der Waals surface area contributed by atoms with Gasteiger partial charge in [-0.2, -0.15) is 15.0 Å². The number of allylic oxidation sites excluding steroid dienone is 1. The highest BCUT2D eigenvalue weighted by atomic mass is 16.5. The molecule has 1 unspecified atom stereocenters. The second-order valence-corrected chi connectivity index (χ2v) is 6.96. The highest BCUT2D eigenvalue weighted by Gasteiger charge is 2.39. The fourth-order valence-corrected chi connectivity index (χ4v) is 3.89. The first-order chi connectivity index (χ1) is 15.2. The minimum Gasteiger partial charge on any atom is -0.496 e. The van der Waals surface area contributed by atoms with Gasteiger partial charge in [0.2, 0.25) is 11.8 Å². The molecule has 5 rings (SSSR count). The fraction of sp³-hybridized carbons (Fsp3) is 0.0833. The van der Waals surface area contributed by atoms with Crippen LogP contribution in [-0.2, 0) is 0 Å². The number of furan rings is 1. The average molecular weight is 410 g/mol. The highest BCUT2D eigenvalue weighted by Crippen LogP contribution is 2.49. The molecule has 1 atom stereocenters. The van der Waals surface area contributed by atoms with Crippen molar-refractivity contribution in [3.05, 3.63) is 95.6 Å². The summed E-state index contributed by atoms with van der Waals surface area (Å²) in [5.74, 6) is 1.13. The molecule has 2 aromatic heterocycles. The molecule has 0 bridgehead atoms. The van der Waals surface area contributed by atoms with Gasteiger partial charge in [-0.1, -0.05) is 36.4 Å². The van der Waals surface area contributed by atoms with E-state index < -0.39 is 5.92 Å². The van der Waals surface area contributed by atoms with Crippen LogP contribution in [0.5, 0.6) is 11.6 Å². The number of benzene rings is 2. The van der Waals surface area contributed by atoms with Gasteiger partial charge in [-0.05, 0) is 30.3 Å². The van der Waals surface area contributed by atoms with Gasteiger partial charge in [0, 0.05) is 5.56 Å². The van der Waals surface area contributed by atoms with Crippen LogP contribution in [-0.4, -0.2) is 16.9 Å². The zero-order chi connectivity index (χ0) is 21.4. The number of methoxy groups -OCH3 is 1. The first-order valence-corrected chi connectivity index (χ1v) is 9.65. The second kappa shape index (κ2) is 7.43. The Bertz CT molecular complexity index is 1310. The number of ether oxygens (including phenoxy) is 2. The van der Waals surface area contributed by atoms with Gasteiger partial charge >= 0.3 is 0 Å². The zero-order valence-electron chi connectivity index (χ0n) is 16.6. The number of rotatable bonds is 4. The van der Waals surface area contributed by atoms with Crippen LogP contribution in [0.1, 0.15) is 17.0 Å². The lowest BCUT2D eigenvalue weighted by Gasteiger charge is -2.26. The van der Waals surface area contributed by atoms with Crippen LogP contribution < -0.4 is 15.2 Å². The van der Waals surface area contributed by atoms with Crippen LogP contribution >= 0.6 is 0 Å². The molecule has 1 aliphatic heterocycles. The van der Waals surface area contributed by atoms with Gasteiger partial charge in [0.15, 0.2) is 5.76 Å². The summed E-state index contributed by atoms with van der Waals surface area (Å²) >= 11 is 0. The second-order valence-electron chi connectivity index (χ2n) is 6.96. The smallest absolute Gasteiger partial charge is 0.229 e. The van der Waals surface area contributed by atoms with Crippen molar-refractivity contribution < 1.29 is 13.9 Å². The summed E-state index contributed by atoms with van der Waals surface area (Å²) in [5.41, 5.74) is 9.36. The first-order valence-electron chi connectivity index (χ1n) is 9.65. The molecule has 0 spiro atoms. The van der Waals surface area contributed by atoms with Crippen molar-refractivity contribution >= 4 is 0 Å². The van der Waals surface area contributed by atoms with E-state index in [9.17, 15) is 5.26 Å². The van der Waals surface area contributed by atoms with Crippen LogP contribution in [0, 0.1) is 11.3 Å². The number of nitrogens with zero attached hydrogens (tertiary/aromatic N) is 3. The lowest BCUT2D eigenvalue weighted by atomic mass is 9.83. The van der Waals surface area contributed by atoms with Gasteiger partial charge in [0.05, 0.1) is 30.5 Å². The number of hydrogen-bond donors (Lipinski definition) is 1. The Morgan fingerprint density at radius 2 is 1.84 bits per heavy atom. The van der Waals surface area contributed by atoms with Crippen LogP contribution in [0.4, 0.5) is 0 Å². The molecule has 1 aliphatic rings. The maximum absolute atomic E-state index is 9.97. The van der Waals surface area contributed by atoms with E-state index in [1.165, 1.54) is 0 Å². The first kappa shape index (κ1) is 18.6. The van der Waals surface area contributed by atoms with Gasteiger partial charge in [-0.15, -0.1) is 0 Å². The van der Waals surface area contributed by atoms with E-state index in [-0.39, 0.29) is 11.5 Å². The van der Waals surface area contributed by atoms with Gasteiger partial charge < -0.3 is 19.6 Å². The number of nitrogens with two attached hydrogens (primary N) is 1. The van der Waals surface area contributed by atoms with Crippen molar-refractivity contribution in [2.45, 2.75) is 5.92 Å². The Morgan fingerprint density at radius 3 is 2.55 bits per heavy atom. The Labute approximate surface area is 178 Å². The van der Waals surface area contributed by atoms with Crippen molar-refractivity contribution in [2.24, 2.45) is 5.73 Å². The van der Waals surface area contributed by atoms with Crippen molar-refractivity contribution in [3.8, 4) is 34.8 Å². The molecular weight excluding hydrogens is 392 g/mol. The maximum atomic E-state index is 9.97. The van der Waals surface area contributed by atoms with E-state index >= 15 is 0 Å². The third kappa shape index (κ3) is 2.93. The Morgan fingerprint density at radius 1 is 1.06 bits per heavy atom. The molecule has 0 radical (unpaired) electrons. The molecule has 0 aliphatic carbocycles. The van der Waals surface area contributed by atoms with Crippen LogP contribution in [0.25, 0.3) is 17.1 Å². The van der Waals surface area contributed by atoms with Crippen molar-refractivity contribution in [3.63, 3.8) is 0 Å². The molecule has 3 heterocycles. The lowest BCUT2D eigenvalue weighted by Crippen LogP contribution is -2.22. The summed E-state index contributed by atoms with van der Waals surface area (Å²) in [6.07, 6.45) is 1.58. The van der Waals surface area contributed by atoms with Crippen LogP contribution in [0.2, 0.25) is 0 Å². The molecule has 152 valence electrons. The normalized spacial score (nSPS) is 15.2. The molecule has 7 heteroatoms. The Balaban J connectivity index is 1.85. The number of para-hydroxylation sites is 2. The predicted molar refractivity (Wildman–Crippen MR) is 114 cm³/mol. The van der Waals surface area contributed by atoms with E-state index in [4.69, 9.17) is 24.7 Å². The largest absolute Gasteiger partial charge is 0.496 e. The molecule has 31 heavy (non-hydrogen) atoms. The summed E-state index contributed by atoms with van der Waals surface area (Å²) < 4.78 is 18.9.